The number of rotatable bonds is 13. The fourth-order valence-corrected chi connectivity index (χ4v) is 3.82. The minimum absolute atomic E-state index is 0.123. The van der Waals surface area contributed by atoms with Gasteiger partial charge in [-0.05, 0) is 26.2 Å². The molecule has 1 fully saturated rings. The first kappa shape index (κ1) is 23.8. The quantitative estimate of drug-likeness (QED) is 0.286. The van der Waals surface area contributed by atoms with Crippen LogP contribution in [-0.4, -0.2) is 40.8 Å². The highest BCUT2D eigenvalue weighted by molar-refractivity contribution is 5.84. The molecule has 156 valence electrons. The Bertz CT molecular complexity index is 483. The molecule has 4 atom stereocenters. The van der Waals surface area contributed by atoms with Crippen LogP contribution in [0.2, 0.25) is 0 Å². The van der Waals surface area contributed by atoms with E-state index in [1.165, 1.54) is 7.11 Å². The molecule has 0 aliphatic heterocycles. The topological polar surface area (TPSA) is 83.8 Å². The van der Waals surface area contributed by atoms with Gasteiger partial charge in [0, 0.05) is 24.7 Å². The number of aliphatic hydroxyl groups is 2. The Morgan fingerprint density at radius 1 is 1.22 bits per heavy atom. The summed E-state index contributed by atoms with van der Waals surface area (Å²) in [5.74, 6) is -0.425. The molecule has 1 aliphatic rings. The third kappa shape index (κ3) is 9.02. The predicted octanol–water partition coefficient (Wildman–Crippen LogP) is 3.95. The summed E-state index contributed by atoms with van der Waals surface area (Å²) in [5.41, 5.74) is -0.890. The van der Waals surface area contributed by atoms with E-state index < -0.39 is 11.7 Å². The average Bonchev–Trinajstić information content (AvgIpc) is 2.89. The van der Waals surface area contributed by atoms with Crippen LogP contribution < -0.4 is 0 Å². The summed E-state index contributed by atoms with van der Waals surface area (Å²) < 4.78 is 4.62. The van der Waals surface area contributed by atoms with Crippen LogP contribution in [0.3, 0.4) is 0 Å². The Morgan fingerprint density at radius 2 is 1.93 bits per heavy atom. The zero-order valence-corrected chi connectivity index (χ0v) is 17.3. The highest BCUT2D eigenvalue weighted by atomic mass is 16.5. The summed E-state index contributed by atoms with van der Waals surface area (Å²) >= 11 is 0. The lowest BCUT2D eigenvalue weighted by molar-refractivity contribution is -0.140. The zero-order valence-electron chi connectivity index (χ0n) is 17.3. The number of carbonyl (C=O) groups is 2. The number of hydrogen-bond donors (Lipinski definition) is 2. The summed E-state index contributed by atoms with van der Waals surface area (Å²) in [7, 11) is 1.40. The van der Waals surface area contributed by atoms with E-state index in [1.807, 2.05) is 6.08 Å². The van der Waals surface area contributed by atoms with Gasteiger partial charge in [-0.1, -0.05) is 57.6 Å². The van der Waals surface area contributed by atoms with Gasteiger partial charge in [0.15, 0.2) is 0 Å². The van der Waals surface area contributed by atoms with Crippen molar-refractivity contribution in [2.45, 2.75) is 96.2 Å². The van der Waals surface area contributed by atoms with E-state index in [-0.39, 0.29) is 30.0 Å². The number of methoxy groups -OCH3 is 1. The van der Waals surface area contributed by atoms with Crippen molar-refractivity contribution in [3.05, 3.63) is 12.2 Å². The fraction of sp³-hybridized carbons (Fsp3) is 0.818. The molecule has 1 saturated carbocycles. The molecule has 0 bridgehead atoms. The molecule has 2 N–H and O–H groups in total. The molecule has 5 heteroatoms. The lowest BCUT2D eigenvalue weighted by Gasteiger charge is -2.22. The first-order valence-corrected chi connectivity index (χ1v) is 10.5. The number of ether oxygens (including phenoxy) is 1. The van der Waals surface area contributed by atoms with Gasteiger partial charge in [-0.3, -0.25) is 9.59 Å². The second-order valence-electron chi connectivity index (χ2n) is 8.12. The van der Waals surface area contributed by atoms with Crippen LogP contribution in [0, 0.1) is 11.8 Å². The Balaban J connectivity index is 2.46. The molecule has 1 rings (SSSR count). The second-order valence-corrected chi connectivity index (χ2v) is 8.12. The Hall–Kier alpha value is -1.20. The summed E-state index contributed by atoms with van der Waals surface area (Å²) in [5, 5.41) is 20.8. The number of unbranched alkanes of at least 4 members (excludes halogenated alkanes) is 5. The molecule has 0 aromatic heterocycles. The molecule has 0 amide bonds. The highest BCUT2D eigenvalue weighted by Gasteiger charge is 2.39. The van der Waals surface area contributed by atoms with Gasteiger partial charge in [-0.15, -0.1) is 0 Å². The second kappa shape index (κ2) is 12.3. The predicted molar refractivity (Wildman–Crippen MR) is 106 cm³/mol. The molecule has 27 heavy (non-hydrogen) atoms. The molecule has 0 aromatic rings. The zero-order chi connectivity index (χ0) is 20.3. The minimum Gasteiger partial charge on any atom is -0.469 e. The van der Waals surface area contributed by atoms with Crippen LogP contribution in [0.5, 0.6) is 0 Å². The SMILES string of the molecule is CCCCC[C@](C)(O)/C=C/[C@H]1[C@H](O)CC(=O)[C@@H]1CCCCCCC(=O)OC. The van der Waals surface area contributed by atoms with Crippen molar-refractivity contribution in [3.63, 3.8) is 0 Å². The van der Waals surface area contributed by atoms with Crippen LogP contribution >= 0.6 is 0 Å². The smallest absolute Gasteiger partial charge is 0.305 e. The number of Topliss-reactive ketones (excluding diaryl/α,β-unsaturated/α-hetero) is 1. The number of esters is 1. The van der Waals surface area contributed by atoms with Gasteiger partial charge in [0.1, 0.15) is 5.78 Å². The molecule has 1 aliphatic carbocycles. The van der Waals surface area contributed by atoms with E-state index in [2.05, 4.69) is 11.7 Å². The van der Waals surface area contributed by atoms with E-state index in [1.54, 1.807) is 13.0 Å². The molecule has 0 radical (unpaired) electrons. The van der Waals surface area contributed by atoms with Crippen LogP contribution in [0.1, 0.15) is 84.5 Å². The van der Waals surface area contributed by atoms with Gasteiger partial charge >= 0.3 is 5.97 Å². The first-order valence-electron chi connectivity index (χ1n) is 10.5. The van der Waals surface area contributed by atoms with Crippen molar-refractivity contribution in [1.29, 1.82) is 0 Å². The first-order chi connectivity index (χ1) is 12.8. The van der Waals surface area contributed by atoms with E-state index in [9.17, 15) is 19.8 Å². The standard InChI is InChI=1S/C22H38O5/c1-4-5-10-14-22(2,26)15-13-18-17(19(23)16-20(18)24)11-8-6-7-9-12-21(25)27-3/h13,15,17-18,20,24,26H,4-12,14,16H2,1-3H3/b15-13+/t17-,18-,20-,22+/m1/s1. The van der Waals surface area contributed by atoms with Crippen molar-refractivity contribution in [2.24, 2.45) is 11.8 Å². The van der Waals surface area contributed by atoms with Gasteiger partial charge in [-0.2, -0.15) is 0 Å². The summed E-state index contributed by atoms with van der Waals surface area (Å²) in [6.07, 6.45) is 11.9. The Labute approximate surface area is 164 Å². The van der Waals surface area contributed by atoms with Crippen molar-refractivity contribution in [3.8, 4) is 0 Å². The van der Waals surface area contributed by atoms with E-state index in [4.69, 9.17) is 0 Å². The Morgan fingerprint density at radius 3 is 2.59 bits per heavy atom. The molecule has 5 nitrogen and oxygen atoms in total. The monoisotopic (exact) mass is 382 g/mol. The van der Waals surface area contributed by atoms with Gasteiger partial charge in [0.2, 0.25) is 0 Å². The van der Waals surface area contributed by atoms with Gasteiger partial charge in [0.05, 0.1) is 18.8 Å². The molecule has 0 aromatic carbocycles. The largest absolute Gasteiger partial charge is 0.469 e. The molecule has 0 unspecified atom stereocenters. The third-order valence-corrected chi connectivity index (χ3v) is 5.57. The molecule has 0 heterocycles. The summed E-state index contributed by atoms with van der Waals surface area (Å²) in [4.78, 5) is 23.3. The average molecular weight is 383 g/mol. The van der Waals surface area contributed by atoms with Crippen molar-refractivity contribution >= 4 is 11.8 Å². The van der Waals surface area contributed by atoms with Gasteiger partial charge in [0.25, 0.3) is 0 Å². The fourth-order valence-electron chi connectivity index (χ4n) is 3.82. The highest BCUT2D eigenvalue weighted by Crippen LogP contribution is 2.35. The van der Waals surface area contributed by atoms with Crippen molar-refractivity contribution in [1.82, 2.24) is 0 Å². The summed E-state index contributed by atoms with van der Waals surface area (Å²) in [6, 6.07) is 0. The van der Waals surface area contributed by atoms with Gasteiger partial charge < -0.3 is 14.9 Å². The van der Waals surface area contributed by atoms with Crippen LogP contribution in [0.15, 0.2) is 12.2 Å². The molecule has 0 spiro atoms. The van der Waals surface area contributed by atoms with Crippen molar-refractivity contribution < 1.29 is 24.5 Å². The number of hydrogen-bond acceptors (Lipinski definition) is 5. The van der Waals surface area contributed by atoms with Gasteiger partial charge in [-0.25, -0.2) is 0 Å². The van der Waals surface area contributed by atoms with Crippen LogP contribution in [0.25, 0.3) is 0 Å². The van der Waals surface area contributed by atoms with Crippen molar-refractivity contribution in [2.75, 3.05) is 7.11 Å². The normalized spacial score (nSPS) is 25.1. The minimum atomic E-state index is -0.890. The maximum Gasteiger partial charge on any atom is 0.305 e. The number of aliphatic hydroxyl groups excluding tert-OH is 1. The maximum atomic E-state index is 12.3. The molecular formula is C22H38O5. The lowest BCUT2D eigenvalue weighted by atomic mass is 9.87. The number of ketones is 1. The Kier molecular flexibility index (Phi) is 10.9. The maximum absolute atomic E-state index is 12.3. The number of carbonyl (C=O) groups excluding carboxylic acids is 2. The van der Waals surface area contributed by atoms with E-state index in [0.29, 0.717) is 12.8 Å². The summed E-state index contributed by atoms with van der Waals surface area (Å²) in [6.45, 7) is 3.92. The van der Waals surface area contributed by atoms with E-state index >= 15 is 0 Å². The lowest BCUT2D eigenvalue weighted by Crippen LogP contribution is -2.23. The molecule has 0 saturated heterocycles. The third-order valence-electron chi connectivity index (χ3n) is 5.57. The van der Waals surface area contributed by atoms with E-state index in [0.717, 1.165) is 51.4 Å². The van der Waals surface area contributed by atoms with Crippen LogP contribution in [0.4, 0.5) is 0 Å². The molecular weight excluding hydrogens is 344 g/mol. The van der Waals surface area contributed by atoms with Crippen LogP contribution in [-0.2, 0) is 14.3 Å².